The molecule has 2 aromatic carbocycles. The van der Waals surface area contributed by atoms with Crippen molar-refractivity contribution in [2.24, 2.45) is 5.92 Å². The van der Waals surface area contributed by atoms with Gasteiger partial charge in [0.05, 0.1) is 23.7 Å². The Balaban J connectivity index is 1.58. The number of anilines is 2. The number of aromatic nitrogens is 2. The number of nitrogens with one attached hydrogen (secondary N) is 1. The standard InChI is InChI=1S/C24H25FN4O4/c1-2-33-23(31)16-11-13-28(14-12-16)22-17-7-3-6-10-20(17)29(24(32)27-22)15-21(30)26-19-9-5-4-8-18(19)25/h3-10,16H,2,11-15H2,1H3,(H,26,30). The number of benzene rings is 2. The molecule has 0 unspecified atom stereocenters. The first-order valence-electron chi connectivity index (χ1n) is 10.9. The van der Waals surface area contributed by atoms with Gasteiger partial charge in [-0.2, -0.15) is 4.98 Å². The van der Waals surface area contributed by atoms with E-state index < -0.39 is 17.4 Å². The summed E-state index contributed by atoms with van der Waals surface area (Å²) in [5.74, 6) is -0.898. The molecule has 1 fully saturated rings. The number of esters is 1. The molecule has 1 saturated heterocycles. The largest absolute Gasteiger partial charge is 0.466 e. The van der Waals surface area contributed by atoms with E-state index >= 15 is 0 Å². The van der Waals surface area contributed by atoms with Crippen LogP contribution in [0.1, 0.15) is 19.8 Å². The Morgan fingerprint density at radius 1 is 1.12 bits per heavy atom. The fourth-order valence-electron chi connectivity index (χ4n) is 4.09. The van der Waals surface area contributed by atoms with Crippen LogP contribution in [0.15, 0.2) is 53.3 Å². The van der Waals surface area contributed by atoms with Crippen molar-refractivity contribution in [3.05, 3.63) is 64.8 Å². The van der Waals surface area contributed by atoms with Crippen LogP contribution < -0.4 is 15.9 Å². The third-order valence-corrected chi connectivity index (χ3v) is 5.73. The molecule has 4 rings (SSSR count). The fraction of sp³-hybridized carbons (Fsp3) is 0.333. The summed E-state index contributed by atoms with van der Waals surface area (Å²) in [5, 5.41) is 3.23. The lowest BCUT2D eigenvalue weighted by atomic mass is 9.97. The number of carbonyl (C=O) groups is 2. The Morgan fingerprint density at radius 2 is 1.82 bits per heavy atom. The molecule has 8 nitrogen and oxygen atoms in total. The number of hydrogen-bond donors (Lipinski definition) is 1. The van der Waals surface area contributed by atoms with E-state index in [2.05, 4.69) is 10.3 Å². The minimum atomic E-state index is -0.570. The SMILES string of the molecule is CCOC(=O)C1CCN(c2nc(=O)n(CC(=O)Nc3ccccc3F)c3ccccc23)CC1. The van der Waals surface area contributed by atoms with Crippen LogP contribution in [0.4, 0.5) is 15.9 Å². The van der Waals surface area contributed by atoms with Crippen LogP contribution in [-0.4, -0.2) is 41.1 Å². The van der Waals surface area contributed by atoms with Gasteiger partial charge in [-0.05, 0) is 44.0 Å². The molecule has 1 N–H and O–H groups in total. The fourth-order valence-corrected chi connectivity index (χ4v) is 4.09. The zero-order valence-corrected chi connectivity index (χ0v) is 18.3. The van der Waals surface area contributed by atoms with E-state index in [9.17, 15) is 18.8 Å². The van der Waals surface area contributed by atoms with Gasteiger partial charge in [0.2, 0.25) is 5.91 Å². The Hall–Kier alpha value is -3.75. The molecule has 1 amide bonds. The smallest absolute Gasteiger partial charge is 0.350 e. The second-order valence-corrected chi connectivity index (χ2v) is 7.86. The van der Waals surface area contributed by atoms with Crippen LogP contribution in [0.5, 0.6) is 0 Å². The van der Waals surface area contributed by atoms with Crippen LogP contribution in [0.3, 0.4) is 0 Å². The first-order chi connectivity index (χ1) is 16.0. The molecule has 1 aliphatic heterocycles. The molecule has 33 heavy (non-hydrogen) atoms. The number of amides is 1. The van der Waals surface area contributed by atoms with E-state index in [4.69, 9.17) is 4.74 Å². The minimum Gasteiger partial charge on any atom is -0.466 e. The Kier molecular flexibility index (Phi) is 6.67. The van der Waals surface area contributed by atoms with Gasteiger partial charge >= 0.3 is 11.7 Å². The molecule has 9 heteroatoms. The summed E-state index contributed by atoms with van der Waals surface area (Å²) >= 11 is 0. The van der Waals surface area contributed by atoms with Crippen molar-refractivity contribution >= 4 is 34.3 Å². The average molecular weight is 452 g/mol. The molecule has 0 atom stereocenters. The van der Waals surface area contributed by atoms with E-state index in [0.29, 0.717) is 43.9 Å². The number of halogens is 1. The Bertz CT molecular complexity index is 1230. The maximum absolute atomic E-state index is 13.9. The zero-order valence-electron chi connectivity index (χ0n) is 18.3. The van der Waals surface area contributed by atoms with E-state index in [-0.39, 0.29) is 24.1 Å². The Morgan fingerprint density at radius 3 is 2.55 bits per heavy atom. The quantitative estimate of drug-likeness (QED) is 0.578. The molecular weight excluding hydrogens is 427 g/mol. The number of hydrogen-bond acceptors (Lipinski definition) is 6. The number of carbonyl (C=O) groups excluding carboxylic acids is 2. The first-order valence-corrected chi connectivity index (χ1v) is 10.9. The molecule has 1 aliphatic rings. The van der Waals surface area contributed by atoms with E-state index in [1.165, 1.54) is 22.8 Å². The van der Waals surface area contributed by atoms with Crippen molar-refractivity contribution in [1.29, 1.82) is 0 Å². The van der Waals surface area contributed by atoms with Gasteiger partial charge in [0.25, 0.3) is 0 Å². The molecule has 0 saturated carbocycles. The lowest BCUT2D eigenvalue weighted by Gasteiger charge is -2.32. The molecule has 3 aromatic rings. The summed E-state index contributed by atoms with van der Waals surface area (Å²) in [5.41, 5.74) is 0.0394. The molecule has 1 aromatic heterocycles. The molecule has 0 bridgehead atoms. The van der Waals surface area contributed by atoms with Gasteiger partial charge in [0.1, 0.15) is 18.2 Å². The topological polar surface area (TPSA) is 93.5 Å². The third-order valence-electron chi connectivity index (χ3n) is 5.73. The van der Waals surface area contributed by atoms with Gasteiger partial charge in [0, 0.05) is 18.5 Å². The molecule has 0 radical (unpaired) electrons. The molecular formula is C24H25FN4O4. The second kappa shape index (κ2) is 9.81. The van der Waals surface area contributed by atoms with Gasteiger partial charge in [-0.25, -0.2) is 9.18 Å². The summed E-state index contributed by atoms with van der Waals surface area (Å²) in [6.45, 7) is 2.98. The zero-order chi connectivity index (χ0) is 23.4. The van der Waals surface area contributed by atoms with Gasteiger partial charge in [-0.1, -0.05) is 24.3 Å². The second-order valence-electron chi connectivity index (χ2n) is 7.86. The van der Waals surface area contributed by atoms with E-state index in [1.807, 2.05) is 17.0 Å². The number of rotatable bonds is 6. The van der Waals surface area contributed by atoms with Crippen LogP contribution in [0.2, 0.25) is 0 Å². The minimum absolute atomic E-state index is 0.0499. The van der Waals surface area contributed by atoms with Crippen molar-refractivity contribution in [3.8, 4) is 0 Å². The van der Waals surface area contributed by atoms with Crippen LogP contribution in [-0.2, 0) is 20.9 Å². The van der Waals surface area contributed by atoms with Crippen molar-refractivity contribution < 1.29 is 18.7 Å². The van der Waals surface area contributed by atoms with Gasteiger partial charge < -0.3 is 15.0 Å². The lowest BCUT2D eigenvalue weighted by Crippen LogP contribution is -2.39. The summed E-state index contributed by atoms with van der Waals surface area (Å²) < 4.78 is 20.3. The highest BCUT2D eigenvalue weighted by atomic mass is 19.1. The highest BCUT2D eigenvalue weighted by Crippen LogP contribution is 2.28. The highest BCUT2D eigenvalue weighted by molar-refractivity contribution is 5.94. The number of fused-ring (bicyclic) bond motifs is 1. The van der Waals surface area contributed by atoms with E-state index in [1.54, 1.807) is 25.1 Å². The predicted molar refractivity (Wildman–Crippen MR) is 123 cm³/mol. The van der Waals surface area contributed by atoms with Crippen LogP contribution >= 0.6 is 0 Å². The molecule has 0 aliphatic carbocycles. The number of piperidine rings is 1. The predicted octanol–water partition coefficient (Wildman–Crippen LogP) is 2.95. The van der Waals surface area contributed by atoms with Crippen molar-refractivity contribution in [2.45, 2.75) is 26.3 Å². The maximum Gasteiger partial charge on any atom is 0.350 e. The number of nitrogens with zero attached hydrogens (tertiary/aromatic N) is 3. The maximum atomic E-state index is 13.9. The lowest BCUT2D eigenvalue weighted by molar-refractivity contribution is -0.148. The number of para-hydroxylation sites is 2. The summed E-state index contributed by atoms with van der Waals surface area (Å²) in [4.78, 5) is 43.8. The van der Waals surface area contributed by atoms with Gasteiger partial charge in [-0.3, -0.25) is 14.2 Å². The van der Waals surface area contributed by atoms with Gasteiger partial charge in [0.15, 0.2) is 0 Å². The van der Waals surface area contributed by atoms with Crippen molar-refractivity contribution in [3.63, 3.8) is 0 Å². The normalized spacial score (nSPS) is 14.3. The average Bonchev–Trinajstić information content (AvgIpc) is 2.82. The summed E-state index contributed by atoms with van der Waals surface area (Å²) in [6, 6.07) is 13.1. The summed E-state index contributed by atoms with van der Waals surface area (Å²) in [6.07, 6.45) is 1.23. The third kappa shape index (κ3) is 4.87. The van der Waals surface area contributed by atoms with E-state index in [0.717, 1.165) is 5.39 Å². The van der Waals surface area contributed by atoms with Crippen LogP contribution in [0.25, 0.3) is 10.9 Å². The van der Waals surface area contributed by atoms with Crippen molar-refractivity contribution in [1.82, 2.24) is 9.55 Å². The van der Waals surface area contributed by atoms with Gasteiger partial charge in [-0.15, -0.1) is 0 Å². The summed E-state index contributed by atoms with van der Waals surface area (Å²) in [7, 11) is 0. The highest BCUT2D eigenvalue weighted by Gasteiger charge is 2.28. The molecule has 2 heterocycles. The van der Waals surface area contributed by atoms with Crippen LogP contribution in [0, 0.1) is 11.7 Å². The Labute approximate surface area is 190 Å². The molecule has 172 valence electrons. The monoisotopic (exact) mass is 452 g/mol. The number of ether oxygens (including phenoxy) is 1. The molecule has 0 spiro atoms. The van der Waals surface area contributed by atoms with Crippen molar-refractivity contribution in [2.75, 3.05) is 29.9 Å². The first kappa shape index (κ1) is 22.4.